The summed E-state index contributed by atoms with van der Waals surface area (Å²) in [6.45, 7) is 3.90. The highest BCUT2D eigenvalue weighted by Crippen LogP contribution is 2.66. The fourth-order valence-electron chi connectivity index (χ4n) is 6.85. The molecule has 3 aromatic heterocycles. The minimum Gasteiger partial charge on any atom is -0.370 e. The van der Waals surface area contributed by atoms with Crippen LogP contribution in [0.2, 0.25) is 0 Å². The second-order valence-electron chi connectivity index (χ2n) is 11.5. The number of halogens is 3. The molecule has 1 aliphatic heterocycles. The van der Waals surface area contributed by atoms with Crippen LogP contribution in [0.4, 0.5) is 13.2 Å². The molecule has 4 atom stereocenters. The first-order chi connectivity index (χ1) is 17.2. The number of hydrogen-bond donors (Lipinski definition) is 0. The van der Waals surface area contributed by atoms with Crippen LogP contribution < -0.4 is 0 Å². The van der Waals surface area contributed by atoms with Crippen molar-refractivity contribution in [2.24, 2.45) is 11.8 Å². The molecule has 4 heterocycles. The zero-order chi connectivity index (χ0) is 24.8. The second-order valence-corrected chi connectivity index (χ2v) is 11.5. The summed E-state index contributed by atoms with van der Waals surface area (Å²) >= 11 is 0. The first-order valence-corrected chi connectivity index (χ1v) is 13.0. The monoisotopic (exact) mass is 498 g/mol. The van der Waals surface area contributed by atoms with Gasteiger partial charge in [0, 0.05) is 29.3 Å². The molecular formula is C26H29F3N6O. The lowest BCUT2D eigenvalue weighted by Gasteiger charge is -2.39. The van der Waals surface area contributed by atoms with Crippen LogP contribution in [0.1, 0.15) is 92.7 Å². The van der Waals surface area contributed by atoms with Crippen LogP contribution in [-0.2, 0) is 10.2 Å². The van der Waals surface area contributed by atoms with Gasteiger partial charge in [-0.05, 0) is 64.7 Å². The molecule has 0 spiro atoms. The molecular weight excluding hydrogens is 469 g/mol. The van der Waals surface area contributed by atoms with Gasteiger partial charge in [-0.25, -0.2) is 19.9 Å². The number of nitrogens with zero attached hydrogens (tertiary/aromatic N) is 6. The van der Waals surface area contributed by atoms with Gasteiger partial charge in [-0.3, -0.25) is 4.68 Å². The van der Waals surface area contributed by atoms with E-state index in [1.807, 2.05) is 17.8 Å². The molecule has 7 nitrogen and oxygen atoms in total. The maximum atomic E-state index is 13.7. The quantitative estimate of drug-likeness (QED) is 0.472. The summed E-state index contributed by atoms with van der Waals surface area (Å²) in [5.41, 5.74) is 2.89. The molecule has 1 unspecified atom stereocenters. The Morgan fingerprint density at radius 3 is 2.58 bits per heavy atom. The molecule has 0 radical (unpaired) electrons. The van der Waals surface area contributed by atoms with Gasteiger partial charge in [0.25, 0.3) is 0 Å². The molecule has 8 rings (SSSR count). The lowest BCUT2D eigenvalue weighted by atomic mass is 9.67. The van der Waals surface area contributed by atoms with Gasteiger partial charge in [0.1, 0.15) is 11.3 Å². The Hall–Kier alpha value is -2.62. The van der Waals surface area contributed by atoms with Crippen LogP contribution in [0.25, 0.3) is 11.2 Å². The predicted molar refractivity (Wildman–Crippen MR) is 124 cm³/mol. The average Bonchev–Trinajstić information content (AvgIpc) is 3.24. The topological polar surface area (TPSA) is 78.6 Å². The molecule has 4 saturated carbocycles. The fourth-order valence-corrected chi connectivity index (χ4v) is 6.85. The number of ether oxygens (including phenoxy) is 1. The van der Waals surface area contributed by atoms with Gasteiger partial charge in [-0.15, -0.1) is 0 Å². The zero-order valence-corrected chi connectivity index (χ0v) is 20.4. The number of aromatic nitrogens is 6. The average molecular weight is 499 g/mol. The smallest absolute Gasteiger partial charge is 0.370 e. The van der Waals surface area contributed by atoms with E-state index in [0.29, 0.717) is 48.0 Å². The third-order valence-electron chi connectivity index (χ3n) is 8.74. The fraction of sp³-hybridized carbons (Fsp3) is 0.654. The number of aryl methyl sites for hydroxylation is 1. The minimum atomic E-state index is -4.18. The zero-order valence-electron chi connectivity index (χ0n) is 20.4. The second kappa shape index (κ2) is 7.69. The van der Waals surface area contributed by atoms with E-state index in [-0.39, 0.29) is 30.5 Å². The Balaban J connectivity index is 1.25. The molecule has 36 heavy (non-hydrogen) atoms. The Morgan fingerprint density at radius 1 is 1.06 bits per heavy atom. The van der Waals surface area contributed by atoms with E-state index >= 15 is 0 Å². The van der Waals surface area contributed by atoms with E-state index in [0.717, 1.165) is 30.5 Å². The van der Waals surface area contributed by atoms with Crippen molar-refractivity contribution < 1.29 is 17.9 Å². The van der Waals surface area contributed by atoms with Gasteiger partial charge < -0.3 is 4.74 Å². The predicted octanol–water partition coefficient (Wildman–Crippen LogP) is 5.51. The van der Waals surface area contributed by atoms with E-state index < -0.39 is 17.5 Å². The van der Waals surface area contributed by atoms with Crippen molar-refractivity contribution in [2.75, 3.05) is 0 Å². The van der Waals surface area contributed by atoms with Crippen molar-refractivity contribution in [2.45, 2.75) is 94.6 Å². The lowest BCUT2D eigenvalue weighted by Crippen LogP contribution is -2.35. The maximum absolute atomic E-state index is 13.7. The van der Waals surface area contributed by atoms with Gasteiger partial charge in [0.05, 0.1) is 41.8 Å². The van der Waals surface area contributed by atoms with Crippen LogP contribution >= 0.6 is 0 Å². The molecule has 190 valence electrons. The molecule has 1 saturated heterocycles. The van der Waals surface area contributed by atoms with E-state index in [1.165, 1.54) is 0 Å². The Labute approximate surface area is 206 Å². The summed E-state index contributed by atoms with van der Waals surface area (Å²) in [5.74, 6) is -0.923. The number of rotatable bonds is 4. The largest absolute Gasteiger partial charge is 0.392 e. The highest BCUT2D eigenvalue weighted by Gasteiger charge is 2.65. The summed E-state index contributed by atoms with van der Waals surface area (Å²) in [4.78, 5) is 19.0. The van der Waals surface area contributed by atoms with Gasteiger partial charge >= 0.3 is 6.18 Å². The molecule has 0 amide bonds. The molecule has 2 bridgehead atoms. The normalized spacial score (nSPS) is 34.2. The van der Waals surface area contributed by atoms with Gasteiger partial charge in [-0.2, -0.15) is 18.3 Å². The first kappa shape index (κ1) is 22.6. The third kappa shape index (κ3) is 3.63. The lowest BCUT2D eigenvalue weighted by molar-refractivity contribution is -0.180. The van der Waals surface area contributed by atoms with Crippen LogP contribution in [0.15, 0.2) is 18.6 Å². The van der Waals surface area contributed by atoms with Crippen LogP contribution in [0, 0.1) is 18.8 Å². The van der Waals surface area contributed by atoms with Gasteiger partial charge in [0.2, 0.25) is 0 Å². The van der Waals surface area contributed by atoms with Crippen molar-refractivity contribution >= 4 is 11.2 Å². The van der Waals surface area contributed by atoms with Gasteiger partial charge in [-0.1, -0.05) is 0 Å². The van der Waals surface area contributed by atoms with E-state index in [4.69, 9.17) is 14.7 Å². The van der Waals surface area contributed by atoms with Gasteiger partial charge in [0.15, 0.2) is 5.65 Å². The Bertz CT molecular complexity index is 1330. The van der Waals surface area contributed by atoms with Crippen molar-refractivity contribution in [3.8, 4) is 0 Å². The van der Waals surface area contributed by atoms with Crippen molar-refractivity contribution in [3.05, 3.63) is 41.4 Å². The van der Waals surface area contributed by atoms with Crippen molar-refractivity contribution in [1.29, 1.82) is 0 Å². The Kier molecular flexibility index (Phi) is 4.82. The number of alkyl halides is 3. The summed E-state index contributed by atoms with van der Waals surface area (Å²) < 4.78 is 49.4. The minimum absolute atomic E-state index is 0.00305. The molecule has 5 aliphatic rings. The third-order valence-corrected chi connectivity index (χ3v) is 8.74. The van der Waals surface area contributed by atoms with Crippen LogP contribution in [-0.4, -0.2) is 42.0 Å². The maximum Gasteiger partial charge on any atom is 0.392 e. The van der Waals surface area contributed by atoms with Crippen LogP contribution in [0.5, 0.6) is 0 Å². The Morgan fingerprint density at radius 2 is 1.86 bits per heavy atom. The van der Waals surface area contributed by atoms with Crippen molar-refractivity contribution in [3.63, 3.8) is 0 Å². The molecule has 10 heteroatoms. The summed E-state index contributed by atoms with van der Waals surface area (Å²) in [6.07, 6.45) is 6.20. The molecule has 5 fully saturated rings. The molecule has 0 N–H and O–H groups in total. The van der Waals surface area contributed by atoms with E-state index in [9.17, 15) is 13.2 Å². The standard InChI is InChI=1S/C26H29F3N6O/c1-13-10-30-21-22(25-7-16(8-25)19(9-25)26(27,28)29)33-23(34-24(21)32-13)15-5-14(2)36-20(6-15)17-11-31-35(12-17)18-3-4-18/h10-12,14-16,18-20H,3-9H2,1-2H3/t14-,15+,16?,19?,20+,25?/m0/s1. The number of fused-ring (bicyclic) bond motifs is 2. The molecule has 0 aromatic carbocycles. The summed E-state index contributed by atoms with van der Waals surface area (Å²) in [5, 5.41) is 4.53. The number of hydrogen-bond acceptors (Lipinski definition) is 6. The molecule has 4 aliphatic carbocycles. The summed E-state index contributed by atoms with van der Waals surface area (Å²) in [6, 6.07) is 0.501. The summed E-state index contributed by atoms with van der Waals surface area (Å²) in [7, 11) is 0. The first-order valence-electron chi connectivity index (χ1n) is 13.0. The SMILES string of the molecule is Cc1cnc2c(C34CC(C3)C(C(F)(F)F)C4)nc([C@@H]3C[C@H](C)O[C@@H](c4cnn(C5CC5)c4)C3)nc2n1. The van der Waals surface area contributed by atoms with E-state index in [2.05, 4.69) is 28.2 Å². The van der Waals surface area contributed by atoms with Crippen LogP contribution in [0.3, 0.4) is 0 Å². The molecule has 3 aromatic rings. The van der Waals surface area contributed by atoms with Crippen molar-refractivity contribution in [1.82, 2.24) is 29.7 Å². The highest BCUT2D eigenvalue weighted by molar-refractivity contribution is 5.74. The van der Waals surface area contributed by atoms with E-state index in [1.54, 1.807) is 6.20 Å². The highest BCUT2D eigenvalue weighted by atomic mass is 19.4.